The van der Waals surface area contributed by atoms with E-state index in [4.69, 9.17) is 4.74 Å². The Labute approximate surface area is 106 Å². The Kier molecular flexibility index (Phi) is 4.15. The van der Waals surface area contributed by atoms with E-state index in [0.717, 1.165) is 23.7 Å². The highest BCUT2D eigenvalue weighted by Crippen LogP contribution is 2.26. The van der Waals surface area contributed by atoms with Crippen molar-refractivity contribution in [1.29, 1.82) is 0 Å². The lowest BCUT2D eigenvalue weighted by Gasteiger charge is -2.25. The number of anilines is 1. The predicted molar refractivity (Wildman–Crippen MR) is 69.7 cm³/mol. The summed E-state index contributed by atoms with van der Waals surface area (Å²) in [5.74, 6) is 0.115. The molecule has 0 radical (unpaired) electrons. The zero-order valence-corrected chi connectivity index (χ0v) is 11.0. The zero-order chi connectivity index (χ0) is 12.3. The molecule has 1 amide bonds. The smallest absolute Gasteiger partial charge is 0.230 e. The van der Waals surface area contributed by atoms with Crippen LogP contribution in [0, 0.1) is 6.92 Å². The maximum Gasteiger partial charge on any atom is 0.230 e. The average molecular weight is 254 g/mol. The number of thiophene rings is 1. The van der Waals surface area contributed by atoms with Crippen LogP contribution in [-0.2, 0) is 9.53 Å². The number of hydrogen-bond acceptors (Lipinski definition) is 4. The molecule has 0 aromatic carbocycles. The van der Waals surface area contributed by atoms with Crippen molar-refractivity contribution < 1.29 is 9.53 Å². The van der Waals surface area contributed by atoms with Crippen molar-refractivity contribution >= 4 is 22.2 Å². The van der Waals surface area contributed by atoms with Gasteiger partial charge in [0.05, 0.1) is 19.1 Å². The molecule has 1 N–H and O–H groups in total. The van der Waals surface area contributed by atoms with Gasteiger partial charge in [-0.2, -0.15) is 0 Å². The molecule has 1 fully saturated rings. The van der Waals surface area contributed by atoms with Gasteiger partial charge in [0.1, 0.15) is 5.00 Å². The first-order valence-corrected chi connectivity index (χ1v) is 6.69. The molecule has 2 rings (SSSR count). The Balaban J connectivity index is 1.93. The molecule has 5 heteroatoms. The number of nitrogens with zero attached hydrogens (tertiary/aromatic N) is 1. The number of carbonyl (C=O) groups excluding carboxylic acids is 1. The first-order chi connectivity index (χ1) is 8.18. The van der Waals surface area contributed by atoms with Crippen LogP contribution in [0.25, 0.3) is 0 Å². The molecule has 4 nitrogen and oxygen atoms in total. The van der Waals surface area contributed by atoms with Crippen LogP contribution in [0.3, 0.4) is 0 Å². The van der Waals surface area contributed by atoms with Crippen molar-refractivity contribution in [3.8, 4) is 0 Å². The average Bonchev–Trinajstić information content (AvgIpc) is 2.76. The van der Waals surface area contributed by atoms with Gasteiger partial charge < -0.3 is 15.0 Å². The van der Waals surface area contributed by atoms with Crippen LogP contribution >= 0.6 is 11.3 Å². The van der Waals surface area contributed by atoms with Gasteiger partial charge >= 0.3 is 0 Å². The summed E-state index contributed by atoms with van der Waals surface area (Å²) in [7, 11) is 1.83. The fourth-order valence-electron chi connectivity index (χ4n) is 1.90. The molecule has 1 unspecified atom stereocenters. The molecule has 1 saturated heterocycles. The van der Waals surface area contributed by atoms with Crippen molar-refractivity contribution in [1.82, 2.24) is 5.32 Å². The maximum atomic E-state index is 12.1. The van der Waals surface area contributed by atoms with Crippen molar-refractivity contribution in [3.05, 3.63) is 17.0 Å². The van der Waals surface area contributed by atoms with Crippen LogP contribution < -0.4 is 10.2 Å². The molecule has 0 bridgehead atoms. The summed E-state index contributed by atoms with van der Waals surface area (Å²) in [6.07, 6.45) is 0.458. The van der Waals surface area contributed by atoms with Gasteiger partial charge in [0.15, 0.2) is 0 Å². The largest absolute Gasteiger partial charge is 0.375 e. The number of morpholine rings is 1. The fraction of sp³-hybridized carbons (Fsp3) is 0.583. The third-order valence-electron chi connectivity index (χ3n) is 2.92. The van der Waals surface area contributed by atoms with E-state index in [2.05, 4.69) is 5.32 Å². The van der Waals surface area contributed by atoms with E-state index in [0.29, 0.717) is 13.0 Å². The van der Waals surface area contributed by atoms with Crippen molar-refractivity contribution in [2.45, 2.75) is 19.4 Å². The molecule has 2 heterocycles. The zero-order valence-electron chi connectivity index (χ0n) is 10.2. The molecule has 0 aliphatic carbocycles. The van der Waals surface area contributed by atoms with Crippen molar-refractivity contribution in [2.24, 2.45) is 0 Å². The van der Waals surface area contributed by atoms with Crippen LogP contribution in [0.5, 0.6) is 0 Å². The molecular formula is C12H18N2O2S. The molecular weight excluding hydrogens is 236 g/mol. The summed E-state index contributed by atoms with van der Waals surface area (Å²) in [4.78, 5) is 13.8. The van der Waals surface area contributed by atoms with Crippen LogP contribution in [-0.4, -0.2) is 38.8 Å². The lowest BCUT2D eigenvalue weighted by atomic mass is 10.2. The van der Waals surface area contributed by atoms with E-state index in [9.17, 15) is 4.79 Å². The number of amides is 1. The van der Waals surface area contributed by atoms with Gasteiger partial charge in [-0.25, -0.2) is 0 Å². The van der Waals surface area contributed by atoms with E-state index in [1.54, 1.807) is 16.2 Å². The van der Waals surface area contributed by atoms with Gasteiger partial charge in [0, 0.05) is 20.1 Å². The summed E-state index contributed by atoms with van der Waals surface area (Å²) in [5, 5.41) is 6.27. The first kappa shape index (κ1) is 12.5. The van der Waals surface area contributed by atoms with Gasteiger partial charge in [-0.3, -0.25) is 4.79 Å². The van der Waals surface area contributed by atoms with Crippen molar-refractivity contribution in [3.63, 3.8) is 0 Å². The van der Waals surface area contributed by atoms with Crippen LogP contribution in [0.15, 0.2) is 11.4 Å². The number of carbonyl (C=O) groups is 1. The molecule has 1 aromatic heterocycles. The second kappa shape index (κ2) is 5.62. The van der Waals surface area contributed by atoms with Gasteiger partial charge in [-0.1, -0.05) is 0 Å². The summed E-state index contributed by atoms with van der Waals surface area (Å²) < 4.78 is 5.54. The third-order valence-corrected chi connectivity index (χ3v) is 4.01. The Morgan fingerprint density at radius 2 is 2.53 bits per heavy atom. The van der Waals surface area contributed by atoms with Crippen molar-refractivity contribution in [2.75, 3.05) is 31.6 Å². The van der Waals surface area contributed by atoms with Gasteiger partial charge in [-0.15, -0.1) is 11.3 Å². The highest BCUT2D eigenvalue weighted by Gasteiger charge is 2.21. The molecule has 94 valence electrons. The minimum atomic E-state index is 0.0129. The van der Waals surface area contributed by atoms with Crippen LogP contribution in [0.1, 0.15) is 12.0 Å². The molecule has 1 aliphatic rings. The quantitative estimate of drug-likeness (QED) is 0.886. The Bertz CT molecular complexity index is 386. The van der Waals surface area contributed by atoms with E-state index in [1.807, 2.05) is 25.4 Å². The van der Waals surface area contributed by atoms with Gasteiger partial charge in [-0.05, 0) is 23.9 Å². The SMILES string of the molecule is Cc1ccsc1N(C)C(=O)CC1CNCCO1. The monoisotopic (exact) mass is 254 g/mol. The predicted octanol–water partition coefficient (Wildman–Crippen LogP) is 1.40. The molecule has 17 heavy (non-hydrogen) atoms. The molecule has 1 atom stereocenters. The molecule has 1 aliphatic heterocycles. The van der Waals surface area contributed by atoms with E-state index >= 15 is 0 Å². The topological polar surface area (TPSA) is 41.6 Å². The highest BCUT2D eigenvalue weighted by molar-refractivity contribution is 7.14. The molecule has 1 aromatic rings. The normalized spacial score (nSPS) is 20.2. The number of ether oxygens (including phenoxy) is 1. The number of aryl methyl sites for hydroxylation is 1. The van der Waals surface area contributed by atoms with Gasteiger partial charge in [0.25, 0.3) is 0 Å². The summed E-state index contributed by atoms with van der Waals surface area (Å²) in [5.41, 5.74) is 1.15. The van der Waals surface area contributed by atoms with Gasteiger partial charge in [0.2, 0.25) is 5.91 Å². The minimum Gasteiger partial charge on any atom is -0.375 e. The highest BCUT2D eigenvalue weighted by atomic mass is 32.1. The number of hydrogen-bond donors (Lipinski definition) is 1. The Morgan fingerprint density at radius 3 is 3.12 bits per heavy atom. The summed E-state index contributed by atoms with van der Waals surface area (Å²) >= 11 is 1.60. The first-order valence-electron chi connectivity index (χ1n) is 5.81. The summed E-state index contributed by atoms with van der Waals surface area (Å²) in [6.45, 7) is 4.36. The van der Waals surface area contributed by atoms with Crippen LogP contribution in [0.2, 0.25) is 0 Å². The number of nitrogens with one attached hydrogen (secondary N) is 1. The van der Waals surface area contributed by atoms with E-state index in [1.165, 1.54) is 0 Å². The standard InChI is InChI=1S/C12H18N2O2S/c1-9-3-6-17-12(9)14(2)11(15)7-10-8-13-4-5-16-10/h3,6,10,13H,4-5,7-8H2,1-2H3. The molecule has 0 spiro atoms. The minimum absolute atomic E-state index is 0.0129. The number of rotatable bonds is 3. The second-order valence-electron chi connectivity index (χ2n) is 4.26. The fourth-order valence-corrected chi connectivity index (χ4v) is 2.82. The summed E-state index contributed by atoms with van der Waals surface area (Å²) in [6, 6.07) is 2.03. The van der Waals surface area contributed by atoms with Crippen LogP contribution in [0.4, 0.5) is 5.00 Å². The van der Waals surface area contributed by atoms with E-state index < -0.39 is 0 Å². The Morgan fingerprint density at radius 1 is 1.71 bits per heavy atom. The second-order valence-corrected chi connectivity index (χ2v) is 5.16. The Hall–Kier alpha value is -0.910. The lowest BCUT2D eigenvalue weighted by molar-refractivity contribution is -0.121. The van der Waals surface area contributed by atoms with E-state index in [-0.39, 0.29) is 12.0 Å². The maximum absolute atomic E-state index is 12.1. The molecule has 0 saturated carbocycles. The third kappa shape index (κ3) is 3.06. The lowest BCUT2D eigenvalue weighted by Crippen LogP contribution is -2.41.